The minimum absolute atomic E-state index is 0.00529. The van der Waals surface area contributed by atoms with Gasteiger partial charge in [0.2, 0.25) is 10.0 Å². The highest BCUT2D eigenvalue weighted by Gasteiger charge is 2.28. The van der Waals surface area contributed by atoms with Gasteiger partial charge in [0.25, 0.3) is 0 Å². The summed E-state index contributed by atoms with van der Waals surface area (Å²) in [5.41, 5.74) is 0. The predicted octanol–water partition coefficient (Wildman–Crippen LogP) is 3.80. The van der Waals surface area contributed by atoms with Crippen LogP contribution in [0.1, 0.15) is 27.7 Å². The van der Waals surface area contributed by atoms with E-state index in [9.17, 15) is 8.42 Å². The molecule has 1 heterocycles. The number of hydrogen-bond acceptors (Lipinski definition) is 3. The lowest BCUT2D eigenvalue weighted by molar-refractivity contribution is 0.333. The summed E-state index contributed by atoms with van der Waals surface area (Å²) in [5, 5.41) is 0.00529. The first-order valence-electron chi connectivity index (χ1n) is 6.45. The molecule has 0 spiro atoms. The number of aromatic nitrogens is 1. The van der Waals surface area contributed by atoms with Gasteiger partial charge in [0, 0.05) is 23.8 Å². The molecule has 114 valence electrons. The summed E-state index contributed by atoms with van der Waals surface area (Å²) in [4.78, 5) is 3.95. The molecule has 0 aliphatic carbocycles. The number of nitrogens with zero attached hydrogens (tertiary/aromatic N) is 2. The van der Waals surface area contributed by atoms with Gasteiger partial charge < -0.3 is 0 Å². The van der Waals surface area contributed by atoms with Crippen LogP contribution in [-0.2, 0) is 10.0 Å². The highest BCUT2D eigenvalue weighted by atomic mass is 79.9. The molecule has 0 saturated heterocycles. The fraction of sp³-hybridized carbons (Fsp3) is 0.615. The number of hydrogen-bond donors (Lipinski definition) is 0. The van der Waals surface area contributed by atoms with Gasteiger partial charge in [0.05, 0.1) is 0 Å². The molecule has 0 radical (unpaired) electrons. The van der Waals surface area contributed by atoms with Crippen LogP contribution in [0.15, 0.2) is 21.6 Å². The van der Waals surface area contributed by atoms with E-state index in [0.717, 1.165) is 0 Å². The normalized spacial score (nSPS) is 12.7. The average molecular weight is 384 g/mol. The SMILES string of the molecule is CC(C)CN(CC(C)C)S(=O)(=O)c1cc(Br)cnc1Cl. The smallest absolute Gasteiger partial charge is 0.242 e. The first kappa shape index (κ1) is 17.9. The first-order valence-corrected chi connectivity index (χ1v) is 9.07. The monoisotopic (exact) mass is 382 g/mol. The van der Waals surface area contributed by atoms with Crippen molar-refractivity contribution >= 4 is 37.6 Å². The van der Waals surface area contributed by atoms with Crippen LogP contribution in [0.5, 0.6) is 0 Å². The molecule has 0 amide bonds. The van der Waals surface area contributed by atoms with E-state index in [1.807, 2.05) is 27.7 Å². The summed E-state index contributed by atoms with van der Waals surface area (Å²) in [6, 6.07) is 1.50. The largest absolute Gasteiger partial charge is 0.246 e. The van der Waals surface area contributed by atoms with Gasteiger partial charge in [-0.05, 0) is 33.8 Å². The third-order valence-corrected chi connectivity index (χ3v) is 5.22. The number of pyridine rings is 1. The zero-order chi connectivity index (χ0) is 15.5. The van der Waals surface area contributed by atoms with Crippen LogP contribution in [-0.4, -0.2) is 30.8 Å². The fourth-order valence-electron chi connectivity index (χ4n) is 1.81. The molecule has 0 saturated carbocycles. The molecular weight excluding hydrogens is 364 g/mol. The Labute approximate surface area is 134 Å². The summed E-state index contributed by atoms with van der Waals surface area (Å²) in [6.45, 7) is 8.88. The summed E-state index contributed by atoms with van der Waals surface area (Å²) >= 11 is 9.20. The fourth-order valence-corrected chi connectivity index (χ4v) is 4.50. The van der Waals surface area contributed by atoms with Crippen LogP contribution < -0.4 is 0 Å². The van der Waals surface area contributed by atoms with Crippen LogP contribution in [0.25, 0.3) is 0 Å². The predicted molar refractivity (Wildman–Crippen MR) is 85.4 cm³/mol. The van der Waals surface area contributed by atoms with Crippen molar-refractivity contribution in [1.82, 2.24) is 9.29 Å². The van der Waals surface area contributed by atoms with Crippen LogP contribution >= 0.6 is 27.5 Å². The lowest BCUT2D eigenvalue weighted by Gasteiger charge is -2.25. The van der Waals surface area contributed by atoms with Gasteiger partial charge >= 0.3 is 0 Å². The van der Waals surface area contributed by atoms with E-state index in [4.69, 9.17) is 11.6 Å². The molecule has 0 aliphatic heterocycles. The van der Waals surface area contributed by atoms with Gasteiger partial charge in [0.1, 0.15) is 10.0 Å². The highest BCUT2D eigenvalue weighted by molar-refractivity contribution is 9.10. The molecule has 0 aliphatic rings. The molecule has 0 fully saturated rings. The van der Waals surface area contributed by atoms with Crippen LogP contribution in [0.3, 0.4) is 0 Å². The van der Waals surface area contributed by atoms with E-state index < -0.39 is 10.0 Å². The second-order valence-corrected chi connectivity index (χ2v) is 8.73. The Hall–Kier alpha value is -0.170. The Bertz CT molecular complexity index is 551. The standard InChI is InChI=1S/C13H20BrClN2O2S/c1-9(2)7-17(8-10(3)4)20(18,19)12-5-11(14)6-16-13(12)15/h5-6,9-10H,7-8H2,1-4H3. The lowest BCUT2D eigenvalue weighted by Crippen LogP contribution is -2.37. The minimum Gasteiger partial charge on any atom is -0.242 e. The third-order valence-electron chi connectivity index (χ3n) is 2.53. The Morgan fingerprint density at radius 2 is 1.75 bits per heavy atom. The first-order chi connectivity index (χ1) is 9.14. The van der Waals surface area contributed by atoms with Crippen molar-refractivity contribution in [2.75, 3.05) is 13.1 Å². The van der Waals surface area contributed by atoms with Gasteiger partial charge in [-0.2, -0.15) is 4.31 Å². The molecule has 20 heavy (non-hydrogen) atoms. The zero-order valence-corrected chi connectivity index (χ0v) is 15.3. The molecule has 0 N–H and O–H groups in total. The topological polar surface area (TPSA) is 50.3 Å². The van der Waals surface area contributed by atoms with E-state index >= 15 is 0 Å². The van der Waals surface area contributed by atoms with E-state index in [2.05, 4.69) is 20.9 Å². The second kappa shape index (κ2) is 7.20. The average Bonchev–Trinajstić information content (AvgIpc) is 2.30. The molecule has 1 rings (SSSR count). The van der Waals surface area contributed by atoms with E-state index in [1.54, 1.807) is 0 Å². The van der Waals surface area contributed by atoms with Crippen LogP contribution in [0, 0.1) is 11.8 Å². The second-order valence-electron chi connectivity index (χ2n) is 5.55. The minimum atomic E-state index is -3.64. The van der Waals surface area contributed by atoms with Crippen molar-refractivity contribution in [3.05, 3.63) is 21.9 Å². The molecule has 0 aromatic carbocycles. The molecule has 0 bridgehead atoms. The van der Waals surface area contributed by atoms with Crippen molar-refractivity contribution in [2.24, 2.45) is 11.8 Å². The lowest BCUT2D eigenvalue weighted by atomic mass is 10.2. The number of sulfonamides is 1. The van der Waals surface area contributed by atoms with Gasteiger partial charge in [0.15, 0.2) is 0 Å². The van der Waals surface area contributed by atoms with Crippen molar-refractivity contribution in [2.45, 2.75) is 32.6 Å². The van der Waals surface area contributed by atoms with Crippen molar-refractivity contribution in [1.29, 1.82) is 0 Å². The summed E-state index contributed by atoms with van der Waals surface area (Å²) < 4.78 is 27.6. The Morgan fingerprint density at radius 1 is 1.25 bits per heavy atom. The van der Waals surface area contributed by atoms with Gasteiger partial charge in [-0.25, -0.2) is 13.4 Å². The number of halogens is 2. The van der Waals surface area contributed by atoms with Gasteiger partial charge in [-0.1, -0.05) is 39.3 Å². The summed E-state index contributed by atoms with van der Waals surface area (Å²) in [5.74, 6) is 0.477. The molecule has 0 unspecified atom stereocenters. The Kier molecular flexibility index (Phi) is 6.44. The van der Waals surface area contributed by atoms with Crippen molar-refractivity contribution < 1.29 is 8.42 Å². The third kappa shape index (κ3) is 4.69. The molecule has 1 aromatic rings. The molecule has 4 nitrogen and oxygen atoms in total. The van der Waals surface area contributed by atoms with Crippen molar-refractivity contribution in [3.8, 4) is 0 Å². The highest BCUT2D eigenvalue weighted by Crippen LogP contribution is 2.26. The molecule has 1 aromatic heterocycles. The van der Waals surface area contributed by atoms with E-state index in [1.165, 1.54) is 16.6 Å². The number of rotatable bonds is 6. The van der Waals surface area contributed by atoms with Gasteiger partial charge in [-0.3, -0.25) is 0 Å². The Morgan fingerprint density at radius 3 is 2.20 bits per heavy atom. The maximum atomic E-state index is 12.8. The van der Waals surface area contributed by atoms with Crippen LogP contribution in [0.2, 0.25) is 5.15 Å². The quantitative estimate of drug-likeness (QED) is 0.702. The van der Waals surface area contributed by atoms with Crippen LogP contribution in [0.4, 0.5) is 0 Å². The molecule has 0 atom stereocenters. The van der Waals surface area contributed by atoms with E-state index in [0.29, 0.717) is 17.6 Å². The molecule has 7 heteroatoms. The maximum absolute atomic E-state index is 12.8. The van der Waals surface area contributed by atoms with Crippen molar-refractivity contribution in [3.63, 3.8) is 0 Å². The van der Waals surface area contributed by atoms with Gasteiger partial charge in [-0.15, -0.1) is 0 Å². The Balaban J connectivity index is 3.24. The summed E-state index contributed by atoms with van der Waals surface area (Å²) in [7, 11) is -3.64. The van der Waals surface area contributed by atoms with E-state index in [-0.39, 0.29) is 21.9 Å². The molecular formula is C13H20BrClN2O2S. The maximum Gasteiger partial charge on any atom is 0.246 e. The summed E-state index contributed by atoms with van der Waals surface area (Å²) in [6.07, 6.45) is 1.48. The zero-order valence-electron chi connectivity index (χ0n) is 12.1.